The Balaban J connectivity index is 2.11. The molecule has 2 aromatic carbocycles. The van der Waals surface area contributed by atoms with Crippen molar-refractivity contribution in [1.82, 2.24) is 0 Å². The number of hydrogen-bond acceptors (Lipinski definition) is 4. The van der Waals surface area contributed by atoms with Gasteiger partial charge in [0.1, 0.15) is 0 Å². The molecule has 0 saturated heterocycles. The standard InChI is InChI=1S/C19H18BrNO5/c1-2-25-16-11-13(8-9-18(23)24)10-15(20)19(16)26-12-17(22)21-14-6-4-3-5-7-14/h3-11H,2,12H2,1H3,(H,21,22)(H,23,24)/b9-8+. The van der Waals surface area contributed by atoms with Gasteiger partial charge in [-0.1, -0.05) is 18.2 Å². The zero-order valence-electron chi connectivity index (χ0n) is 14.1. The highest BCUT2D eigenvalue weighted by Crippen LogP contribution is 2.37. The summed E-state index contributed by atoms with van der Waals surface area (Å²) in [6.45, 7) is 2.02. The fraction of sp³-hybridized carbons (Fsp3) is 0.158. The van der Waals surface area contributed by atoms with Crippen molar-refractivity contribution < 1.29 is 24.2 Å². The molecule has 2 aromatic rings. The number of carbonyl (C=O) groups excluding carboxylic acids is 1. The molecule has 136 valence electrons. The quantitative estimate of drug-likeness (QED) is 0.632. The van der Waals surface area contributed by atoms with E-state index in [0.717, 1.165) is 6.08 Å². The van der Waals surface area contributed by atoms with Gasteiger partial charge in [-0.3, -0.25) is 4.79 Å². The largest absolute Gasteiger partial charge is 0.490 e. The first-order valence-corrected chi connectivity index (χ1v) is 8.64. The van der Waals surface area contributed by atoms with Crippen LogP contribution in [-0.4, -0.2) is 30.2 Å². The molecule has 0 radical (unpaired) electrons. The topological polar surface area (TPSA) is 84.9 Å². The maximum Gasteiger partial charge on any atom is 0.328 e. The molecule has 2 N–H and O–H groups in total. The van der Waals surface area contributed by atoms with E-state index in [4.69, 9.17) is 14.6 Å². The molecular weight excluding hydrogens is 402 g/mol. The smallest absolute Gasteiger partial charge is 0.328 e. The van der Waals surface area contributed by atoms with Crippen LogP contribution in [0.1, 0.15) is 12.5 Å². The zero-order valence-corrected chi connectivity index (χ0v) is 15.7. The van der Waals surface area contributed by atoms with Gasteiger partial charge in [-0.2, -0.15) is 0 Å². The summed E-state index contributed by atoms with van der Waals surface area (Å²) < 4.78 is 11.7. The summed E-state index contributed by atoms with van der Waals surface area (Å²) in [4.78, 5) is 22.7. The van der Waals surface area contributed by atoms with E-state index in [-0.39, 0.29) is 12.5 Å². The summed E-state index contributed by atoms with van der Waals surface area (Å²) in [5.74, 6) is -0.556. The second-order valence-corrected chi connectivity index (χ2v) is 5.99. The first kappa shape index (κ1) is 19.5. The van der Waals surface area contributed by atoms with Gasteiger partial charge in [0, 0.05) is 11.8 Å². The maximum absolute atomic E-state index is 12.0. The molecule has 6 nitrogen and oxygen atoms in total. The maximum atomic E-state index is 12.0. The van der Waals surface area contributed by atoms with Gasteiger partial charge in [0.25, 0.3) is 5.91 Å². The molecule has 26 heavy (non-hydrogen) atoms. The van der Waals surface area contributed by atoms with Crippen molar-refractivity contribution in [2.45, 2.75) is 6.92 Å². The van der Waals surface area contributed by atoms with Gasteiger partial charge < -0.3 is 19.9 Å². The van der Waals surface area contributed by atoms with Crippen LogP contribution in [0.3, 0.4) is 0 Å². The number of amides is 1. The van der Waals surface area contributed by atoms with Gasteiger partial charge in [0.15, 0.2) is 18.1 Å². The summed E-state index contributed by atoms with van der Waals surface area (Å²) in [5, 5.41) is 11.5. The predicted molar refractivity (Wildman–Crippen MR) is 103 cm³/mol. The highest BCUT2D eigenvalue weighted by molar-refractivity contribution is 9.10. The molecule has 0 aliphatic carbocycles. The lowest BCUT2D eigenvalue weighted by Gasteiger charge is -2.14. The number of para-hydroxylation sites is 1. The van der Waals surface area contributed by atoms with E-state index in [1.807, 2.05) is 25.1 Å². The average Bonchev–Trinajstić information content (AvgIpc) is 2.60. The van der Waals surface area contributed by atoms with Crippen molar-refractivity contribution in [3.63, 3.8) is 0 Å². The summed E-state index contributed by atoms with van der Waals surface area (Å²) in [5.41, 5.74) is 1.31. The van der Waals surface area contributed by atoms with Crippen LogP contribution in [0, 0.1) is 0 Å². The third-order valence-electron chi connectivity index (χ3n) is 3.16. The molecule has 0 spiro atoms. The fourth-order valence-electron chi connectivity index (χ4n) is 2.11. The number of rotatable bonds is 8. The molecule has 0 atom stereocenters. The van der Waals surface area contributed by atoms with Crippen molar-refractivity contribution in [2.24, 2.45) is 0 Å². The Bertz CT molecular complexity index is 805. The molecule has 2 rings (SSSR count). The Hall–Kier alpha value is -2.80. The van der Waals surface area contributed by atoms with Gasteiger partial charge in [0.2, 0.25) is 0 Å². The average molecular weight is 420 g/mol. The lowest BCUT2D eigenvalue weighted by atomic mass is 10.2. The minimum Gasteiger partial charge on any atom is -0.490 e. The Morgan fingerprint density at radius 2 is 1.92 bits per heavy atom. The molecule has 0 heterocycles. The van der Waals surface area contributed by atoms with Crippen LogP contribution < -0.4 is 14.8 Å². The summed E-state index contributed by atoms with van der Waals surface area (Å²) in [7, 11) is 0. The van der Waals surface area contributed by atoms with Crippen LogP contribution in [0.4, 0.5) is 5.69 Å². The zero-order chi connectivity index (χ0) is 18.9. The lowest BCUT2D eigenvalue weighted by molar-refractivity contribution is -0.131. The number of carboxylic acid groups (broad SMARTS) is 1. The third-order valence-corrected chi connectivity index (χ3v) is 3.74. The summed E-state index contributed by atoms with van der Waals surface area (Å²) in [6.07, 6.45) is 2.48. The molecule has 0 unspecified atom stereocenters. The van der Waals surface area contributed by atoms with Gasteiger partial charge in [-0.05, 0) is 58.8 Å². The predicted octanol–water partition coefficient (Wildman–Crippen LogP) is 3.96. The molecule has 0 aliphatic heterocycles. The molecule has 7 heteroatoms. The van der Waals surface area contributed by atoms with Crippen molar-refractivity contribution >= 4 is 39.6 Å². The first-order valence-electron chi connectivity index (χ1n) is 7.84. The first-order chi connectivity index (χ1) is 12.5. The van der Waals surface area contributed by atoms with Gasteiger partial charge in [0.05, 0.1) is 11.1 Å². The van der Waals surface area contributed by atoms with Gasteiger partial charge in [-0.15, -0.1) is 0 Å². The number of ether oxygens (including phenoxy) is 2. The lowest BCUT2D eigenvalue weighted by Crippen LogP contribution is -2.20. The molecule has 0 aliphatic rings. The Morgan fingerprint density at radius 3 is 2.58 bits per heavy atom. The molecule has 0 fully saturated rings. The Kier molecular flexibility index (Phi) is 7.23. The van der Waals surface area contributed by atoms with Crippen LogP contribution in [-0.2, 0) is 9.59 Å². The van der Waals surface area contributed by atoms with Crippen molar-refractivity contribution in [3.05, 3.63) is 58.6 Å². The van der Waals surface area contributed by atoms with Gasteiger partial charge in [-0.25, -0.2) is 4.79 Å². The minimum absolute atomic E-state index is 0.197. The molecular formula is C19H18BrNO5. The number of benzene rings is 2. The molecule has 0 saturated carbocycles. The highest BCUT2D eigenvalue weighted by atomic mass is 79.9. The number of halogens is 1. The van der Waals surface area contributed by atoms with E-state index in [0.29, 0.717) is 33.8 Å². The number of aliphatic carboxylic acids is 1. The molecule has 1 amide bonds. The summed E-state index contributed by atoms with van der Waals surface area (Å²) in [6, 6.07) is 12.4. The number of carboxylic acids is 1. The van der Waals surface area contributed by atoms with E-state index < -0.39 is 5.97 Å². The summed E-state index contributed by atoms with van der Waals surface area (Å²) >= 11 is 3.37. The van der Waals surface area contributed by atoms with Crippen LogP contribution in [0.25, 0.3) is 6.08 Å². The van der Waals surface area contributed by atoms with Crippen LogP contribution in [0.5, 0.6) is 11.5 Å². The van der Waals surface area contributed by atoms with Crippen LogP contribution in [0.2, 0.25) is 0 Å². The molecule has 0 aromatic heterocycles. The van der Waals surface area contributed by atoms with E-state index in [1.54, 1.807) is 24.3 Å². The highest BCUT2D eigenvalue weighted by Gasteiger charge is 2.14. The van der Waals surface area contributed by atoms with Crippen molar-refractivity contribution in [1.29, 1.82) is 0 Å². The van der Waals surface area contributed by atoms with Crippen molar-refractivity contribution in [2.75, 3.05) is 18.5 Å². The Morgan fingerprint density at radius 1 is 1.19 bits per heavy atom. The second-order valence-electron chi connectivity index (χ2n) is 5.14. The number of anilines is 1. The van der Waals surface area contributed by atoms with Crippen LogP contribution >= 0.6 is 15.9 Å². The van der Waals surface area contributed by atoms with Gasteiger partial charge >= 0.3 is 5.97 Å². The number of hydrogen-bond donors (Lipinski definition) is 2. The minimum atomic E-state index is -1.04. The molecule has 0 bridgehead atoms. The van der Waals surface area contributed by atoms with E-state index in [1.165, 1.54) is 6.08 Å². The van der Waals surface area contributed by atoms with E-state index in [9.17, 15) is 9.59 Å². The Labute approximate surface area is 159 Å². The van der Waals surface area contributed by atoms with E-state index >= 15 is 0 Å². The van der Waals surface area contributed by atoms with Crippen molar-refractivity contribution in [3.8, 4) is 11.5 Å². The number of carbonyl (C=O) groups is 2. The fourth-order valence-corrected chi connectivity index (χ4v) is 2.69. The normalized spacial score (nSPS) is 10.5. The number of nitrogens with one attached hydrogen (secondary N) is 1. The van der Waals surface area contributed by atoms with E-state index in [2.05, 4.69) is 21.2 Å². The second kappa shape index (κ2) is 9.62. The SMILES string of the molecule is CCOc1cc(/C=C/C(=O)O)cc(Br)c1OCC(=O)Nc1ccccc1. The third kappa shape index (κ3) is 5.93. The monoisotopic (exact) mass is 419 g/mol. The van der Waals surface area contributed by atoms with Crippen LogP contribution in [0.15, 0.2) is 53.0 Å².